The molecule has 1 aliphatic rings. The van der Waals surface area contributed by atoms with E-state index in [-0.39, 0.29) is 18.2 Å². The molecule has 7 heteroatoms. The molecule has 0 aliphatic carbocycles. The van der Waals surface area contributed by atoms with Gasteiger partial charge in [-0.15, -0.1) is 0 Å². The Labute approximate surface area is 176 Å². The van der Waals surface area contributed by atoms with Gasteiger partial charge in [0.15, 0.2) is 0 Å². The average molecular weight is 409 g/mol. The quantitative estimate of drug-likeness (QED) is 0.787. The number of rotatable bonds is 4. The maximum Gasteiger partial charge on any atom is 0.412 e. The molecular formula is C23H27N3O4. The Morgan fingerprint density at radius 2 is 1.60 bits per heavy atom. The van der Waals surface area contributed by atoms with Crippen LogP contribution in [-0.4, -0.2) is 30.1 Å². The highest BCUT2D eigenvalue weighted by Gasteiger charge is 2.35. The van der Waals surface area contributed by atoms with Gasteiger partial charge in [0.05, 0.1) is 17.3 Å². The highest BCUT2D eigenvalue weighted by Crippen LogP contribution is 2.28. The molecule has 0 spiro atoms. The molecule has 30 heavy (non-hydrogen) atoms. The second kappa shape index (κ2) is 8.57. The van der Waals surface area contributed by atoms with Crippen molar-refractivity contribution in [1.82, 2.24) is 0 Å². The summed E-state index contributed by atoms with van der Waals surface area (Å²) in [4.78, 5) is 39.0. The molecule has 0 aromatic heterocycles. The van der Waals surface area contributed by atoms with Gasteiger partial charge < -0.3 is 15.0 Å². The molecular weight excluding hydrogens is 382 g/mol. The maximum atomic E-state index is 12.8. The van der Waals surface area contributed by atoms with Crippen LogP contribution in [0.2, 0.25) is 0 Å². The van der Waals surface area contributed by atoms with Gasteiger partial charge in [-0.2, -0.15) is 0 Å². The molecule has 1 unspecified atom stereocenters. The summed E-state index contributed by atoms with van der Waals surface area (Å²) in [5, 5.41) is 5.49. The molecule has 2 aromatic rings. The van der Waals surface area contributed by atoms with E-state index in [0.717, 1.165) is 11.3 Å². The van der Waals surface area contributed by atoms with E-state index >= 15 is 0 Å². The fourth-order valence-electron chi connectivity index (χ4n) is 3.21. The summed E-state index contributed by atoms with van der Waals surface area (Å²) in [6, 6.07) is 14.5. The Bertz CT molecular complexity index is 948. The minimum Gasteiger partial charge on any atom is -0.444 e. The first-order valence-electron chi connectivity index (χ1n) is 9.89. The zero-order valence-electron chi connectivity index (χ0n) is 17.7. The number of benzene rings is 2. The lowest BCUT2D eigenvalue weighted by Crippen LogP contribution is -2.29. The minimum atomic E-state index is -0.633. The van der Waals surface area contributed by atoms with Crippen molar-refractivity contribution in [2.45, 2.75) is 39.7 Å². The Morgan fingerprint density at radius 3 is 2.20 bits per heavy atom. The van der Waals surface area contributed by atoms with Crippen molar-refractivity contribution in [3.8, 4) is 0 Å². The number of hydrogen-bond donors (Lipinski definition) is 2. The average Bonchev–Trinajstić information content (AvgIpc) is 3.04. The molecule has 3 amide bonds. The number of nitrogens with zero attached hydrogens (tertiary/aromatic N) is 1. The fraction of sp³-hybridized carbons (Fsp3) is 0.348. The standard InChI is InChI=1S/C23H27N3O4/c1-15-9-11-17(12-10-15)26-14-16(13-20(26)27)21(28)24-18-7-5-6-8-19(18)25-22(29)30-23(2,3)4/h5-12,16H,13-14H2,1-4H3,(H,24,28)(H,25,29). The molecule has 1 fully saturated rings. The minimum absolute atomic E-state index is 0.0841. The maximum absolute atomic E-state index is 12.8. The second-order valence-corrected chi connectivity index (χ2v) is 8.40. The van der Waals surface area contributed by atoms with Crippen molar-refractivity contribution >= 4 is 35.0 Å². The van der Waals surface area contributed by atoms with E-state index in [0.29, 0.717) is 17.9 Å². The Balaban J connectivity index is 1.67. The van der Waals surface area contributed by atoms with Gasteiger partial charge in [0.25, 0.3) is 0 Å². The van der Waals surface area contributed by atoms with Gasteiger partial charge in [0, 0.05) is 18.7 Å². The smallest absolute Gasteiger partial charge is 0.412 e. The molecule has 0 bridgehead atoms. The van der Waals surface area contributed by atoms with Crippen LogP contribution >= 0.6 is 0 Å². The first kappa shape index (κ1) is 21.4. The molecule has 3 rings (SSSR count). The highest BCUT2D eigenvalue weighted by molar-refractivity contribution is 6.05. The van der Waals surface area contributed by atoms with Crippen molar-refractivity contribution in [2.75, 3.05) is 22.1 Å². The van der Waals surface area contributed by atoms with E-state index in [1.54, 1.807) is 49.9 Å². The summed E-state index contributed by atoms with van der Waals surface area (Å²) in [5.41, 5.74) is 2.14. The molecule has 2 N–H and O–H groups in total. The monoisotopic (exact) mass is 409 g/mol. The van der Waals surface area contributed by atoms with Gasteiger partial charge in [-0.05, 0) is 52.0 Å². The third-order valence-corrected chi connectivity index (χ3v) is 4.66. The number of anilines is 3. The van der Waals surface area contributed by atoms with Crippen LogP contribution < -0.4 is 15.5 Å². The van der Waals surface area contributed by atoms with E-state index in [1.165, 1.54) is 0 Å². The summed E-state index contributed by atoms with van der Waals surface area (Å²) >= 11 is 0. The summed E-state index contributed by atoms with van der Waals surface area (Å²) in [5.74, 6) is -0.830. The molecule has 2 aromatic carbocycles. The fourth-order valence-corrected chi connectivity index (χ4v) is 3.21. The molecule has 1 heterocycles. The van der Waals surface area contributed by atoms with Crippen LogP contribution in [0.3, 0.4) is 0 Å². The van der Waals surface area contributed by atoms with Gasteiger partial charge in [-0.3, -0.25) is 14.9 Å². The van der Waals surface area contributed by atoms with Crippen molar-refractivity contribution in [1.29, 1.82) is 0 Å². The number of aryl methyl sites for hydroxylation is 1. The van der Waals surface area contributed by atoms with E-state index in [2.05, 4.69) is 10.6 Å². The van der Waals surface area contributed by atoms with E-state index in [9.17, 15) is 14.4 Å². The van der Waals surface area contributed by atoms with E-state index in [4.69, 9.17) is 4.74 Å². The number of ether oxygens (including phenoxy) is 1. The Hall–Kier alpha value is -3.35. The zero-order valence-corrected chi connectivity index (χ0v) is 17.7. The van der Waals surface area contributed by atoms with Gasteiger partial charge in [0.2, 0.25) is 11.8 Å². The molecule has 0 saturated carbocycles. The summed E-state index contributed by atoms with van der Waals surface area (Å²) in [6.07, 6.45) is -0.466. The number of nitrogens with one attached hydrogen (secondary N) is 2. The van der Waals surface area contributed by atoms with Crippen LogP contribution in [0.15, 0.2) is 48.5 Å². The van der Waals surface area contributed by atoms with Crippen LogP contribution in [0.4, 0.5) is 21.9 Å². The van der Waals surface area contributed by atoms with Crippen molar-refractivity contribution in [2.24, 2.45) is 5.92 Å². The predicted octanol–water partition coefficient (Wildman–Crippen LogP) is 4.33. The van der Waals surface area contributed by atoms with Crippen LogP contribution in [0, 0.1) is 12.8 Å². The first-order valence-corrected chi connectivity index (χ1v) is 9.89. The summed E-state index contributed by atoms with van der Waals surface area (Å²) < 4.78 is 5.27. The van der Waals surface area contributed by atoms with Gasteiger partial charge in [0.1, 0.15) is 5.60 Å². The zero-order chi connectivity index (χ0) is 21.9. The normalized spacial score (nSPS) is 16.3. The number of carbonyl (C=O) groups is 3. The lowest BCUT2D eigenvalue weighted by molar-refractivity contribution is -0.122. The summed E-state index contributed by atoms with van der Waals surface area (Å²) in [6.45, 7) is 7.62. The predicted molar refractivity (Wildman–Crippen MR) is 117 cm³/mol. The van der Waals surface area contributed by atoms with Crippen molar-refractivity contribution in [3.63, 3.8) is 0 Å². The topological polar surface area (TPSA) is 87.7 Å². The number of para-hydroxylation sites is 2. The van der Waals surface area contributed by atoms with Crippen LogP contribution in [0.5, 0.6) is 0 Å². The number of carbonyl (C=O) groups excluding carboxylic acids is 3. The molecule has 0 radical (unpaired) electrons. The van der Waals surface area contributed by atoms with E-state index in [1.807, 2.05) is 31.2 Å². The SMILES string of the molecule is Cc1ccc(N2CC(C(=O)Nc3ccccc3NC(=O)OC(C)(C)C)CC2=O)cc1. The molecule has 1 saturated heterocycles. The lowest BCUT2D eigenvalue weighted by atomic mass is 10.1. The summed E-state index contributed by atoms with van der Waals surface area (Å²) in [7, 11) is 0. The van der Waals surface area contributed by atoms with Gasteiger partial charge >= 0.3 is 6.09 Å². The first-order chi connectivity index (χ1) is 14.1. The van der Waals surface area contributed by atoms with Crippen molar-refractivity contribution < 1.29 is 19.1 Å². The van der Waals surface area contributed by atoms with Gasteiger partial charge in [-0.1, -0.05) is 29.8 Å². The largest absolute Gasteiger partial charge is 0.444 e. The molecule has 158 valence electrons. The molecule has 1 atom stereocenters. The third kappa shape index (κ3) is 5.37. The second-order valence-electron chi connectivity index (χ2n) is 8.40. The van der Waals surface area contributed by atoms with Gasteiger partial charge in [-0.25, -0.2) is 4.79 Å². The molecule has 7 nitrogen and oxygen atoms in total. The Morgan fingerprint density at radius 1 is 1.00 bits per heavy atom. The highest BCUT2D eigenvalue weighted by atomic mass is 16.6. The van der Waals surface area contributed by atoms with Crippen molar-refractivity contribution in [3.05, 3.63) is 54.1 Å². The molecule has 1 aliphatic heterocycles. The number of hydrogen-bond acceptors (Lipinski definition) is 4. The number of amides is 3. The Kier molecular flexibility index (Phi) is 6.10. The van der Waals surface area contributed by atoms with E-state index < -0.39 is 17.6 Å². The van der Waals surface area contributed by atoms with Crippen LogP contribution in [0.25, 0.3) is 0 Å². The van der Waals surface area contributed by atoms with Crippen LogP contribution in [0.1, 0.15) is 32.8 Å². The third-order valence-electron chi connectivity index (χ3n) is 4.66. The van der Waals surface area contributed by atoms with Crippen LogP contribution in [-0.2, 0) is 14.3 Å². The lowest BCUT2D eigenvalue weighted by Gasteiger charge is -2.21.